The number of nitrogens with one attached hydrogen (secondary N) is 2. The van der Waals surface area contributed by atoms with Crippen LogP contribution in [-0.2, 0) is 13.0 Å². The van der Waals surface area contributed by atoms with E-state index in [9.17, 15) is 19.5 Å². The number of carboxylic acid groups (broad SMARTS) is 1. The van der Waals surface area contributed by atoms with Gasteiger partial charge in [0, 0.05) is 46.8 Å². The number of carboxylic acids is 1. The Balaban J connectivity index is 1.63. The molecule has 9 heteroatoms. The monoisotopic (exact) mass is 569 g/mol. The van der Waals surface area contributed by atoms with E-state index in [1.54, 1.807) is 47.7 Å². The molecule has 2 amide bonds. The van der Waals surface area contributed by atoms with Gasteiger partial charge in [0.25, 0.3) is 11.8 Å². The average Bonchev–Trinajstić information content (AvgIpc) is 3.37. The van der Waals surface area contributed by atoms with Gasteiger partial charge >= 0.3 is 5.97 Å². The van der Waals surface area contributed by atoms with Crippen LogP contribution in [0.25, 0.3) is 21.6 Å². The molecule has 0 saturated carbocycles. The van der Waals surface area contributed by atoms with E-state index in [1.807, 2.05) is 31.4 Å². The molecule has 0 unspecified atom stereocenters. The molecule has 41 heavy (non-hydrogen) atoms. The Kier molecular flexibility index (Phi) is 8.19. The highest BCUT2D eigenvalue weighted by Crippen LogP contribution is 2.43. The van der Waals surface area contributed by atoms with E-state index >= 15 is 0 Å². The predicted molar refractivity (Wildman–Crippen MR) is 161 cm³/mol. The second-order valence-electron chi connectivity index (χ2n) is 10.3. The molecule has 0 fully saturated rings. The number of anilines is 1. The third kappa shape index (κ3) is 6.01. The van der Waals surface area contributed by atoms with Crippen molar-refractivity contribution in [2.45, 2.75) is 26.8 Å². The predicted octanol–water partition coefficient (Wildman–Crippen LogP) is 5.81. The third-order valence-electron chi connectivity index (χ3n) is 6.91. The smallest absolute Gasteiger partial charge is 0.336 e. The molecule has 0 spiro atoms. The third-order valence-corrected chi connectivity index (χ3v) is 7.90. The fourth-order valence-corrected chi connectivity index (χ4v) is 5.72. The van der Waals surface area contributed by atoms with E-state index < -0.39 is 11.9 Å². The number of thiophene rings is 1. The molecule has 0 bridgehead atoms. The van der Waals surface area contributed by atoms with Gasteiger partial charge in [0.1, 0.15) is 5.75 Å². The number of hydrogen-bond donors (Lipinski definition) is 4. The summed E-state index contributed by atoms with van der Waals surface area (Å²) < 4.78 is 6.10. The number of carbonyl (C=O) groups excluding carboxylic acids is 2. The number of hydrogen-bond acceptors (Lipinski definition) is 6. The summed E-state index contributed by atoms with van der Waals surface area (Å²) in [6.07, 6.45) is 0.721. The van der Waals surface area contributed by atoms with Crippen LogP contribution in [0, 0.1) is 5.92 Å². The van der Waals surface area contributed by atoms with Crippen molar-refractivity contribution in [3.05, 3.63) is 93.9 Å². The highest BCUT2D eigenvalue weighted by molar-refractivity contribution is 7.13. The normalized spacial score (nSPS) is 12.1. The van der Waals surface area contributed by atoms with Crippen molar-refractivity contribution in [3.8, 4) is 27.3 Å². The first-order valence-electron chi connectivity index (χ1n) is 13.4. The quantitative estimate of drug-likeness (QED) is 0.212. The molecule has 0 radical (unpaired) electrons. The Morgan fingerprint density at radius 3 is 2.44 bits per heavy atom. The number of ether oxygens (including phenoxy) is 1. The van der Waals surface area contributed by atoms with Crippen molar-refractivity contribution < 1.29 is 24.2 Å². The van der Waals surface area contributed by atoms with Gasteiger partial charge in [-0.2, -0.15) is 0 Å². The van der Waals surface area contributed by atoms with Gasteiger partial charge in [-0.05, 0) is 76.0 Å². The Morgan fingerprint density at radius 1 is 0.951 bits per heavy atom. The first kappa shape index (κ1) is 28.1. The maximum atomic E-state index is 13.8. The molecule has 1 aliphatic heterocycles. The molecule has 210 valence electrons. The first-order chi connectivity index (χ1) is 19.7. The van der Waals surface area contributed by atoms with Crippen molar-refractivity contribution >= 4 is 34.8 Å². The number of nitrogens with two attached hydrogens (primary N) is 1. The Bertz CT molecular complexity index is 1630. The van der Waals surface area contributed by atoms with E-state index in [4.69, 9.17) is 10.5 Å². The molecule has 5 rings (SSSR count). The highest BCUT2D eigenvalue weighted by Gasteiger charge is 2.26. The van der Waals surface area contributed by atoms with Gasteiger partial charge in [-0.3, -0.25) is 9.59 Å². The lowest BCUT2D eigenvalue weighted by atomic mass is 9.91. The van der Waals surface area contributed by atoms with Gasteiger partial charge in [0.15, 0.2) is 0 Å². The lowest BCUT2D eigenvalue weighted by molar-refractivity contribution is 0.0697. The Labute approximate surface area is 242 Å². The number of rotatable bonds is 8. The van der Waals surface area contributed by atoms with E-state index in [-0.39, 0.29) is 28.5 Å². The van der Waals surface area contributed by atoms with Crippen LogP contribution >= 0.6 is 11.3 Å². The fourth-order valence-electron chi connectivity index (χ4n) is 4.75. The number of benzene rings is 3. The molecule has 0 atom stereocenters. The van der Waals surface area contributed by atoms with E-state index in [2.05, 4.69) is 16.7 Å². The van der Waals surface area contributed by atoms with Crippen LogP contribution in [0.2, 0.25) is 0 Å². The summed E-state index contributed by atoms with van der Waals surface area (Å²) in [5.41, 5.74) is 10.3. The molecule has 8 nitrogen and oxygen atoms in total. The Morgan fingerprint density at radius 2 is 1.73 bits per heavy atom. The first-order valence-corrected chi connectivity index (χ1v) is 14.3. The second kappa shape index (κ2) is 12.0. The van der Waals surface area contributed by atoms with Crippen molar-refractivity contribution in [2.75, 3.05) is 18.5 Å². The van der Waals surface area contributed by atoms with Gasteiger partial charge in [-0.25, -0.2) is 4.79 Å². The van der Waals surface area contributed by atoms with Crippen LogP contribution in [-0.4, -0.2) is 36.0 Å². The number of fused-ring (bicyclic) bond motifs is 3. The van der Waals surface area contributed by atoms with Gasteiger partial charge < -0.3 is 26.2 Å². The summed E-state index contributed by atoms with van der Waals surface area (Å²) in [4.78, 5) is 40.0. The van der Waals surface area contributed by atoms with Crippen molar-refractivity contribution in [2.24, 2.45) is 11.7 Å². The summed E-state index contributed by atoms with van der Waals surface area (Å²) in [6.45, 7) is 5.26. The van der Waals surface area contributed by atoms with E-state index in [0.29, 0.717) is 42.3 Å². The van der Waals surface area contributed by atoms with Crippen LogP contribution in [0.3, 0.4) is 0 Å². The summed E-state index contributed by atoms with van der Waals surface area (Å²) in [5.74, 6) is -1.16. The molecule has 0 saturated heterocycles. The van der Waals surface area contributed by atoms with E-state index in [1.165, 1.54) is 6.07 Å². The molecule has 1 aromatic heterocycles. The Hall–Kier alpha value is -4.47. The van der Waals surface area contributed by atoms with Crippen LogP contribution in [0.4, 0.5) is 5.69 Å². The van der Waals surface area contributed by atoms with Crippen molar-refractivity contribution in [1.29, 1.82) is 0 Å². The number of aromatic carboxylic acids is 1. The number of carbonyl (C=O) groups is 3. The van der Waals surface area contributed by atoms with Crippen molar-refractivity contribution in [1.82, 2.24) is 5.32 Å². The average molecular weight is 570 g/mol. The minimum atomic E-state index is -1.21. The minimum Gasteiger partial charge on any atom is -0.493 e. The van der Waals surface area contributed by atoms with Crippen molar-refractivity contribution in [3.63, 3.8) is 0 Å². The van der Waals surface area contributed by atoms with Crippen LogP contribution in [0.5, 0.6) is 5.75 Å². The zero-order chi connectivity index (χ0) is 29.1. The maximum Gasteiger partial charge on any atom is 0.336 e. The molecule has 5 N–H and O–H groups in total. The summed E-state index contributed by atoms with van der Waals surface area (Å²) >= 11 is 1.57. The van der Waals surface area contributed by atoms with Crippen LogP contribution in [0.1, 0.15) is 56.0 Å². The van der Waals surface area contributed by atoms with Crippen LogP contribution in [0.15, 0.2) is 66.0 Å². The number of amides is 2. The lowest BCUT2D eigenvalue weighted by Gasteiger charge is -2.18. The summed E-state index contributed by atoms with van der Waals surface area (Å²) in [6, 6.07) is 17.3. The van der Waals surface area contributed by atoms with Gasteiger partial charge in [-0.1, -0.05) is 32.0 Å². The van der Waals surface area contributed by atoms with E-state index in [0.717, 1.165) is 28.0 Å². The standard InChI is InChI=1S/C32H31N3O5S/c1-18(2)17-34-30(36)21-5-8-23(26(13-21)32(38)39)24-15-28-27(29-20(9-11-40-28)10-12-41-29)14-25(24)31(37)35-22-6-3-19(16-33)4-7-22/h3-8,10,12-15,18H,9,11,16-17,33H2,1-2H3,(H,34,36)(H,35,37)(H,38,39). The molecule has 2 heterocycles. The minimum absolute atomic E-state index is 0.0890. The molecule has 1 aliphatic rings. The zero-order valence-electron chi connectivity index (χ0n) is 22.8. The highest BCUT2D eigenvalue weighted by atomic mass is 32.1. The maximum absolute atomic E-state index is 13.8. The van der Waals surface area contributed by atoms with Gasteiger partial charge in [0.2, 0.25) is 0 Å². The molecular weight excluding hydrogens is 538 g/mol. The summed E-state index contributed by atoms with van der Waals surface area (Å²) in [5, 5.41) is 17.9. The molecule has 4 aromatic rings. The second-order valence-corrected chi connectivity index (χ2v) is 11.2. The van der Waals surface area contributed by atoms with Crippen LogP contribution < -0.4 is 21.1 Å². The topological polar surface area (TPSA) is 131 Å². The lowest BCUT2D eigenvalue weighted by Crippen LogP contribution is -2.27. The zero-order valence-corrected chi connectivity index (χ0v) is 23.6. The largest absolute Gasteiger partial charge is 0.493 e. The van der Waals surface area contributed by atoms with Gasteiger partial charge in [-0.15, -0.1) is 11.3 Å². The molecule has 3 aromatic carbocycles. The molecule has 0 aliphatic carbocycles. The fraction of sp³-hybridized carbons (Fsp3) is 0.219. The SMILES string of the molecule is CC(C)CNC(=O)c1ccc(-c2cc3c(cc2C(=O)Nc2ccc(CN)cc2)-c2sccc2CCO3)c(C(=O)O)c1. The molecular formula is C32H31N3O5S. The van der Waals surface area contributed by atoms with Gasteiger partial charge in [0.05, 0.1) is 12.2 Å². The summed E-state index contributed by atoms with van der Waals surface area (Å²) in [7, 11) is 0.